The molecule has 3 atom stereocenters. The number of piperidine rings is 1. The Balaban J connectivity index is 1.51. The fourth-order valence-corrected chi connectivity index (χ4v) is 5.06. The van der Waals surface area contributed by atoms with Gasteiger partial charge >= 0.3 is 0 Å². The fraction of sp³-hybridized carbons (Fsp3) is 0.500. The van der Waals surface area contributed by atoms with Gasteiger partial charge in [0.15, 0.2) is 11.6 Å². The van der Waals surface area contributed by atoms with E-state index in [-0.39, 0.29) is 21.9 Å². The van der Waals surface area contributed by atoms with Crippen LogP contribution < -0.4 is 15.4 Å². The predicted molar refractivity (Wildman–Crippen MR) is 150 cm³/mol. The third-order valence-corrected chi connectivity index (χ3v) is 7.50. The number of aromatic nitrogens is 4. The highest BCUT2D eigenvalue weighted by Crippen LogP contribution is 2.36. The van der Waals surface area contributed by atoms with Crippen LogP contribution in [-0.4, -0.2) is 80.1 Å². The van der Waals surface area contributed by atoms with Crippen molar-refractivity contribution in [2.75, 3.05) is 38.7 Å². The molecular weight excluding hydrogens is 585 g/mol. The quantitative estimate of drug-likeness (QED) is 0.253. The largest absolute Gasteiger partial charge is 0.489 e. The number of carbonyl (C=O) groups is 1. The van der Waals surface area contributed by atoms with Gasteiger partial charge in [0.1, 0.15) is 24.5 Å². The lowest BCUT2D eigenvalue weighted by Gasteiger charge is -2.36. The van der Waals surface area contributed by atoms with Crippen LogP contribution >= 0.6 is 22.6 Å². The molecule has 3 aromatic rings. The molecule has 4 bridgehead atoms. The van der Waals surface area contributed by atoms with E-state index in [2.05, 4.69) is 60.0 Å². The summed E-state index contributed by atoms with van der Waals surface area (Å²) in [6, 6.07) is 3.87. The second-order valence-corrected chi connectivity index (χ2v) is 11.3. The van der Waals surface area contributed by atoms with Gasteiger partial charge < -0.3 is 20.1 Å². The average molecular weight is 617 g/mol. The highest BCUT2D eigenvalue weighted by molar-refractivity contribution is 14.1. The van der Waals surface area contributed by atoms with Gasteiger partial charge in [-0.1, -0.05) is 29.5 Å². The van der Waals surface area contributed by atoms with Crippen molar-refractivity contribution in [2.45, 2.75) is 48.8 Å². The summed E-state index contributed by atoms with van der Waals surface area (Å²) >= 11 is 2.32. The molecule has 4 heterocycles. The van der Waals surface area contributed by atoms with E-state index in [9.17, 15) is 4.79 Å². The van der Waals surface area contributed by atoms with Crippen molar-refractivity contribution in [3.63, 3.8) is 0 Å². The number of nitrogens with one attached hydrogen (secondary N) is 2. The summed E-state index contributed by atoms with van der Waals surface area (Å²) in [5.41, 5.74) is 3.11. The Bertz CT molecular complexity index is 1240. The van der Waals surface area contributed by atoms with Crippen molar-refractivity contribution in [1.29, 1.82) is 0 Å². The highest BCUT2D eigenvalue weighted by atomic mass is 127. The topological polar surface area (TPSA) is 114 Å². The lowest BCUT2D eigenvalue weighted by molar-refractivity contribution is -0.127. The van der Waals surface area contributed by atoms with E-state index in [0.29, 0.717) is 55.7 Å². The van der Waals surface area contributed by atoms with Crippen molar-refractivity contribution in [1.82, 2.24) is 30.2 Å². The van der Waals surface area contributed by atoms with Crippen molar-refractivity contribution in [3.8, 4) is 16.9 Å². The molecule has 10 nitrogen and oxygen atoms in total. The molecule has 1 saturated heterocycles. The molecule has 11 heteroatoms. The summed E-state index contributed by atoms with van der Waals surface area (Å²) in [4.78, 5) is 33.7. The Labute approximate surface area is 230 Å². The normalized spacial score (nSPS) is 22.7. The van der Waals surface area contributed by atoms with Gasteiger partial charge in [0.05, 0.1) is 21.7 Å². The van der Waals surface area contributed by atoms with Gasteiger partial charge in [-0.05, 0) is 38.4 Å². The third-order valence-electron chi connectivity index (χ3n) is 6.70. The lowest BCUT2D eigenvalue weighted by atomic mass is 9.97. The maximum atomic E-state index is 13.0. The number of ether oxygens (including phenoxy) is 2. The molecule has 196 valence electrons. The van der Waals surface area contributed by atoms with Gasteiger partial charge in [0.2, 0.25) is 5.91 Å². The van der Waals surface area contributed by atoms with Crippen LogP contribution in [0.2, 0.25) is 0 Å². The number of benzene rings is 1. The Hall–Kier alpha value is -2.64. The molecule has 2 aliphatic rings. The summed E-state index contributed by atoms with van der Waals surface area (Å²) in [5, 5.41) is 6.64. The zero-order chi connectivity index (χ0) is 25.8. The van der Waals surface area contributed by atoms with Gasteiger partial charge in [0.25, 0.3) is 0 Å². The number of nitrogens with zero attached hydrogens (tertiary/aromatic N) is 5. The molecule has 1 unspecified atom stereocenters. The molecule has 1 amide bonds. The van der Waals surface area contributed by atoms with Crippen LogP contribution in [0.15, 0.2) is 30.7 Å². The Morgan fingerprint density at radius 2 is 2.05 bits per heavy atom. The van der Waals surface area contributed by atoms with E-state index in [0.717, 1.165) is 36.0 Å². The monoisotopic (exact) mass is 617 g/mol. The number of alkyl halides is 1. The molecule has 0 saturated carbocycles. The fourth-order valence-electron chi connectivity index (χ4n) is 4.66. The highest BCUT2D eigenvalue weighted by Gasteiger charge is 2.32. The first kappa shape index (κ1) is 26.0. The number of amides is 1. The molecule has 2 N–H and O–H groups in total. The van der Waals surface area contributed by atoms with Gasteiger partial charge in [-0.15, -0.1) is 0 Å². The minimum absolute atomic E-state index is 0.0514. The second-order valence-electron chi connectivity index (χ2n) is 9.52. The van der Waals surface area contributed by atoms with E-state index in [1.807, 2.05) is 19.2 Å². The molecule has 1 aromatic carbocycles. The molecule has 0 radical (unpaired) electrons. The van der Waals surface area contributed by atoms with Crippen LogP contribution in [0.3, 0.4) is 0 Å². The Morgan fingerprint density at radius 1 is 1.22 bits per heavy atom. The van der Waals surface area contributed by atoms with Gasteiger partial charge in [-0.2, -0.15) is 0 Å². The maximum absolute atomic E-state index is 13.0. The van der Waals surface area contributed by atoms with E-state index < -0.39 is 0 Å². The zero-order valence-electron chi connectivity index (χ0n) is 21.1. The first-order valence-electron chi connectivity index (χ1n) is 12.7. The number of hydrogen-bond donors (Lipinski definition) is 2. The van der Waals surface area contributed by atoms with E-state index in [1.54, 1.807) is 18.6 Å². The SMILES string of the molecule is CCCOCc1ncc(-c2ccc3ncc4nc3c2OCC(I)CNC(=O)[C@@H]2C[C@H](CCN2C)N4)cn1. The standard InChI is InChI=1S/C26H32IN7O3/c1-3-8-36-15-23-29-10-16(11-30-23)19-4-5-20-24-25(19)37-14-17(27)12-31-26(35)21-9-18(6-7-34(21)2)32-22(33-24)13-28-20/h4-5,10-11,13,17-18,21H,3,6-9,12,14-15H2,1-2H3,(H,31,35)(H,32,33)/t17?,18-,21-/m0/s1. The number of carbonyl (C=O) groups excluding carboxylic acids is 1. The lowest BCUT2D eigenvalue weighted by Crippen LogP contribution is -2.53. The molecular formula is C26H32IN7O3. The Kier molecular flexibility index (Phi) is 8.30. The number of likely N-dealkylation sites (tertiary alicyclic amines) is 1. The summed E-state index contributed by atoms with van der Waals surface area (Å²) in [6.07, 6.45) is 7.92. The first-order valence-corrected chi connectivity index (χ1v) is 14.0. The number of anilines is 1. The van der Waals surface area contributed by atoms with Crippen LogP contribution in [0.25, 0.3) is 22.2 Å². The summed E-state index contributed by atoms with van der Waals surface area (Å²) in [5.74, 6) is 2.00. The van der Waals surface area contributed by atoms with Crippen LogP contribution in [-0.2, 0) is 16.1 Å². The van der Waals surface area contributed by atoms with Crippen LogP contribution in [0.4, 0.5) is 5.82 Å². The van der Waals surface area contributed by atoms with E-state index >= 15 is 0 Å². The van der Waals surface area contributed by atoms with Crippen molar-refractivity contribution >= 4 is 45.3 Å². The zero-order valence-corrected chi connectivity index (χ0v) is 23.3. The molecule has 0 aliphatic carbocycles. The number of fused-ring (bicyclic) bond motifs is 3. The van der Waals surface area contributed by atoms with Crippen LogP contribution in [0.5, 0.6) is 5.75 Å². The number of likely N-dealkylation sites (N-methyl/N-ethyl adjacent to an activating group) is 1. The smallest absolute Gasteiger partial charge is 0.237 e. The van der Waals surface area contributed by atoms with Gasteiger partial charge in [0, 0.05) is 49.3 Å². The van der Waals surface area contributed by atoms with Gasteiger partial charge in [-0.3, -0.25) is 14.7 Å². The molecule has 2 aliphatic heterocycles. The predicted octanol–water partition coefficient (Wildman–Crippen LogP) is 3.20. The maximum Gasteiger partial charge on any atom is 0.237 e. The number of rotatable bonds is 5. The van der Waals surface area contributed by atoms with Crippen molar-refractivity contribution in [3.05, 3.63) is 36.5 Å². The molecule has 0 spiro atoms. The number of halogens is 1. The Morgan fingerprint density at radius 3 is 2.86 bits per heavy atom. The molecule has 37 heavy (non-hydrogen) atoms. The van der Waals surface area contributed by atoms with Crippen molar-refractivity contribution in [2.24, 2.45) is 0 Å². The van der Waals surface area contributed by atoms with Gasteiger partial charge in [-0.25, -0.2) is 15.0 Å². The molecule has 1 fully saturated rings. The second kappa shape index (κ2) is 11.8. The van der Waals surface area contributed by atoms with Crippen LogP contribution in [0.1, 0.15) is 32.0 Å². The minimum atomic E-state index is -0.176. The molecule has 5 rings (SSSR count). The summed E-state index contributed by atoms with van der Waals surface area (Å²) in [6.45, 7) is 4.89. The summed E-state index contributed by atoms with van der Waals surface area (Å²) in [7, 11) is 2.01. The molecule has 2 aromatic heterocycles. The average Bonchev–Trinajstić information content (AvgIpc) is 2.91. The van der Waals surface area contributed by atoms with E-state index in [4.69, 9.17) is 14.5 Å². The minimum Gasteiger partial charge on any atom is -0.489 e. The number of hydrogen-bond acceptors (Lipinski definition) is 9. The van der Waals surface area contributed by atoms with Crippen LogP contribution in [0, 0.1) is 0 Å². The first-order chi connectivity index (χ1) is 18.0. The van der Waals surface area contributed by atoms with Crippen molar-refractivity contribution < 1.29 is 14.3 Å². The third kappa shape index (κ3) is 6.10. The van der Waals surface area contributed by atoms with E-state index in [1.165, 1.54) is 0 Å². The summed E-state index contributed by atoms with van der Waals surface area (Å²) < 4.78 is 12.0.